The van der Waals surface area contributed by atoms with E-state index in [4.69, 9.17) is 0 Å². The summed E-state index contributed by atoms with van der Waals surface area (Å²) in [6.07, 6.45) is -0.773. The Morgan fingerprint density at radius 1 is 1.50 bits per heavy atom. The molecule has 1 atom stereocenters. The van der Waals surface area contributed by atoms with Crippen molar-refractivity contribution < 1.29 is 13.5 Å². The molecule has 0 saturated heterocycles. The van der Waals surface area contributed by atoms with E-state index in [0.29, 0.717) is 0 Å². The number of aliphatic hydroxyl groups is 1. The van der Waals surface area contributed by atoms with Gasteiger partial charge in [0.2, 0.25) is 0 Å². The van der Waals surface area contributed by atoms with Crippen molar-refractivity contribution in [2.45, 2.75) is 36.6 Å². The molecule has 0 radical (unpaired) electrons. The minimum absolute atomic E-state index is 0.230. The first kappa shape index (κ1) is 14.1. The highest BCUT2D eigenvalue weighted by molar-refractivity contribution is 9.11. The summed E-state index contributed by atoms with van der Waals surface area (Å²) in [5, 5.41) is 9.46. The Morgan fingerprint density at radius 2 is 2.06 bits per heavy atom. The van der Waals surface area contributed by atoms with E-state index in [9.17, 15) is 13.5 Å². The summed E-state index contributed by atoms with van der Waals surface area (Å²) in [6, 6.07) is 3.20. The molecule has 1 aromatic heterocycles. The van der Waals surface area contributed by atoms with Crippen LogP contribution in [0.5, 0.6) is 0 Å². The van der Waals surface area contributed by atoms with Crippen molar-refractivity contribution in [2.75, 3.05) is 0 Å². The van der Waals surface area contributed by atoms with Crippen LogP contribution in [0.3, 0.4) is 0 Å². The molecule has 0 amide bonds. The number of hydrogen-bond acceptors (Lipinski definition) is 4. The maximum atomic E-state index is 11.9. The van der Waals surface area contributed by atoms with Crippen LogP contribution in [0.2, 0.25) is 0 Å². The Labute approximate surface area is 108 Å². The van der Waals surface area contributed by atoms with E-state index in [1.54, 1.807) is 26.8 Å². The molecule has 0 aromatic carbocycles. The zero-order valence-electron chi connectivity index (χ0n) is 9.19. The minimum Gasteiger partial charge on any atom is -0.391 e. The second kappa shape index (κ2) is 4.73. The fourth-order valence-electron chi connectivity index (χ4n) is 0.924. The van der Waals surface area contributed by atoms with Crippen LogP contribution in [0.4, 0.5) is 0 Å². The van der Waals surface area contributed by atoms with Crippen molar-refractivity contribution in [2.24, 2.45) is 0 Å². The second-order valence-corrected chi connectivity index (χ2v) is 8.43. The third kappa shape index (κ3) is 3.27. The molecule has 0 aliphatic heterocycles. The van der Waals surface area contributed by atoms with Gasteiger partial charge in [0.25, 0.3) is 10.0 Å². The highest BCUT2D eigenvalue weighted by Gasteiger charge is 2.31. The molecule has 4 nitrogen and oxygen atoms in total. The van der Waals surface area contributed by atoms with E-state index in [0.717, 1.165) is 15.1 Å². The van der Waals surface area contributed by atoms with Gasteiger partial charge in [-0.1, -0.05) is 0 Å². The molecule has 0 bridgehead atoms. The van der Waals surface area contributed by atoms with Crippen LogP contribution >= 0.6 is 27.3 Å². The zero-order chi connectivity index (χ0) is 12.6. The molecule has 0 spiro atoms. The molecular formula is C9H14BrNO3S2. The van der Waals surface area contributed by atoms with Crippen molar-refractivity contribution in [3.8, 4) is 0 Å². The van der Waals surface area contributed by atoms with Crippen molar-refractivity contribution in [1.29, 1.82) is 0 Å². The summed E-state index contributed by atoms with van der Waals surface area (Å²) in [5.74, 6) is 0. The topological polar surface area (TPSA) is 66.4 Å². The lowest BCUT2D eigenvalue weighted by Gasteiger charge is -2.28. The van der Waals surface area contributed by atoms with Crippen molar-refractivity contribution in [3.63, 3.8) is 0 Å². The third-order valence-corrected chi connectivity index (χ3v) is 6.04. The van der Waals surface area contributed by atoms with Gasteiger partial charge < -0.3 is 5.11 Å². The van der Waals surface area contributed by atoms with E-state index in [-0.39, 0.29) is 4.21 Å². The first-order chi connectivity index (χ1) is 7.15. The average Bonchev–Trinajstić information content (AvgIpc) is 2.50. The summed E-state index contributed by atoms with van der Waals surface area (Å²) in [7, 11) is -3.56. The monoisotopic (exact) mass is 327 g/mol. The van der Waals surface area contributed by atoms with Crippen LogP contribution in [0.25, 0.3) is 0 Å². The Balaban J connectivity index is 2.97. The summed E-state index contributed by atoms with van der Waals surface area (Å²) in [5.41, 5.74) is -0.894. The van der Waals surface area contributed by atoms with Crippen LogP contribution in [0.1, 0.15) is 20.8 Å². The number of aliphatic hydroxyl groups excluding tert-OH is 1. The normalized spacial score (nSPS) is 15.1. The Kier molecular flexibility index (Phi) is 4.18. The molecule has 1 rings (SSSR count). The molecule has 1 unspecified atom stereocenters. The van der Waals surface area contributed by atoms with Crippen LogP contribution in [-0.2, 0) is 10.0 Å². The highest BCUT2D eigenvalue weighted by Crippen LogP contribution is 2.27. The summed E-state index contributed by atoms with van der Waals surface area (Å²) in [6.45, 7) is 4.82. The van der Waals surface area contributed by atoms with Crippen molar-refractivity contribution >= 4 is 37.3 Å². The van der Waals surface area contributed by atoms with Gasteiger partial charge >= 0.3 is 0 Å². The fraction of sp³-hybridized carbons (Fsp3) is 0.556. The number of hydrogen-bond donors (Lipinski definition) is 2. The van der Waals surface area contributed by atoms with Crippen LogP contribution in [-0.4, -0.2) is 25.2 Å². The molecule has 1 aromatic rings. The lowest BCUT2D eigenvalue weighted by Crippen LogP contribution is -2.50. The first-order valence-corrected chi connectivity index (χ1v) is 7.72. The van der Waals surface area contributed by atoms with Crippen molar-refractivity contribution in [1.82, 2.24) is 4.72 Å². The number of sulfonamides is 1. The third-order valence-electron chi connectivity index (χ3n) is 2.26. The van der Waals surface area contributed by atoms with Gasteiger partial charge in [0, 0.05) is 0 Å². The molecule has 0 fully saturated rings. The SMILES string of the molecule is CC(O)C(C)(C)NS(=O)(=O)c1ccc(Br)s1. The van der Waals surface area contributed by atoms with Crippen molar-refractivity contribution in [3.05, 3.63) is 15.9 Å². The quantitative estimate of drug-likeness (QED) is 0.888. The van der Waals surface area contributed by atoms with Gasteiger partial charge in [-0.15, -0.1) is 11.3 Å². The predicted octanol–water partition coefficient (Wildman–Crippen LogP) is 1.95. The minimum atomic E-state index is -3.56. The lowest BCUT2D eigenvalue weighted by atomic mass is 10.0. The summed E-state index contributed by atoms with van der Waals surface area (Å²) >= 11 is 4.34. The van der Waals surface area contributed by atoms with E-state index >= 15 is 0 Å². The van der Waals surface area contributed by atoms with Gasteiger partial charge in [-0.25, -0.2) is 13.1 Å². The first-order valence-electron chi connectivity index (χ1n) is 4.62. The Morgan fingerprint density at radius 3 is 2.44 bits per heavy atom. The summed E-state index contributed by atoms with van der Waals surface area (Å²) in [4.78, 5) is 0. The van der Waals surface area contributed by atoms with Gasteiger partial charge in [-0.05, 0) is 48.8 Å². The lowest BCUT2D eigenvalue weighted by molar-refractivity contribution is 0.112. The number of nitrogens with one attached hydrogen (secondary N) is 1. The number of thiophene rings is 1. The van der Waals surface area contributed by atoms with Gasteiger partial charge in [0.05, 0.1) is 15.4 Å². The van der Waals surface area contributed by atoms with E-state index in [1.807, 2.05) is 0 Å². The molecule has 16 heavy (non-hydrogen) atoms. The molecule has 2 N–H and O–H groups in total. The summed E-state index contributed by atoms with van der Waals surface area (Å²) < 4.78 is 27.3. The van der Waals surface area contributed by atoms with E-state index in [2.05, 4.69) is 20.7 Å². The molecular weight excluding hydrogens is 314 g/mol. The molecule has 0 aliphatic rings. The van der Waals surface area contributed by atoms with Crippen LogP contribution < -0.4 is 4.72 Å². The van der Waals surface area contributed by atoms with Gasteiger partial charge in [0.1, 0.15) is 4.21 Å². The number of halogens is 1. The van der Waals surface area contributed by atoms with E-state index < -0.39 is 21.7 Å². The van der Waals surface area contributed by atoms with Crippen LogP contribution in [0.15, 0.2) is 20.1 Å². The molecule has 0 aliphatic carbocycles. The standard InChI is InChI=1S/C9H14BrNO3S2/c1-6(12)9(2,3)11-16(13,14)8-5-4-7(10)15-8/h4-6,11-12H,1-3H3. The Hall–Kier alpha value is 0.0500. The fourth-order valence-corrected chi connectivity index (χ4v) is 4.41. The predicted molar refractivity (Wildman–Crippen MR) is 68.1 cm³/mol. The van der Waals surface area contributed by atoms with Gasteiger partial charge in [0.15, 0.2) is 0 Å². The molecule has 1 heterocycles. The van der Waals surface area contributed by atoms with E-state index in [1.165, 1.54) is 6.07 Å². The average molecular weight is 328 g/mol. The largest absolute Gasteiger partial charge is 0.391 e. The maximum Gasteiger partial charge on any atom is 0.250 e. The Bertz CT molecular complexity index is 465. The number of rotatable bonds is 4. The molecule has 92 valence electrons. The second-order valence-electron chi connectivity index (χ2n) is 4.06. The smallest absolute Gasteiger partial charge is 0.250 e. The zero-order valence-corrected chi connectivity index (χ0v) is 12.4. The molecule has 7 heteroatoms. The van der Waals surface area contributed by atoms with Gasteiger partial charge in [-0.2, -0.15) is 0 Å². The molecule has 0 saturated carbocycles. The van der Waals surface area contributed by atoms with Gasteiger partial charge in [-0.3, -0.25) is 0 Å². The maximum absolute atomic E-state index is 11.9. The highest BCUT2D eigenvalue weighted by atomic mass is 79.9. The van der Waals surface area contributed by atoms with Crippen LogP contribution in [0, 0.1) is 0 Å².